The summed E-state index contributed by atoms with van der Waals surface area (Å²) in [6.07, 6.45) is 4.71. The van der Waals surface area contributed by atoms with Crippen molar-refractivity contribution in [1.29, 1.82) is 0 Å². The molecule has 4 rings (SSSR count). The van der Waals surface area contributed by atoms with Gasteiger partial charge in [0.05, 0.1) is 18.2 Å². The van der Waals surface area contributed by atoms with Crippen molar-refractivity contribution in [2.75, 3.05) is 13.4 Å². The van der Waals surface area contributed by atoms with E-state index in [0.717, 1.165) is 16.9 Å². The Morgan fingerprint density at radius 3 is 2.54 bits per heavy atom. The second kappa shape index (κ2) is 6.70. The summed E-state index contributed by atoms with van der Waals surface area (Å²) in [6.45, 7) is 0.722. The number of hydrogen-bond acceptors (Lipinski definition) is 4. The highest BCUT2D eigenvalue weighted by molar-refractivity contribution is 8.12. The molecule has 0 aliphatic carbocycles. The summed E-state index contributed by atoms with van der Waals surface area (Å²) in [7, 11) is -2.52. The molecule has 0 fully saturated rings. The van der Waals surface area contributed by atoms with Gasteiger partial charge >= 0.3 is 0 Å². The van der Waals surface area contributed by atoms with Gasteiger partial charge in [-0.3, -0.25) is 9.54 Å². The zero-order valence-electron chi connectivity index (χ0n) is 15.7. The van der Waals surface area contributed by atoms with Gasteiger partial charge in [-0.2, -0.15) is 8.51 Å². The number of methoxy groups -OCH3 is 1. The molecule has 0 amide bonds. The molecule has 0 unspecified atom stereocenters. The summed E-state index contributed by atoms with van der Waals surface area (Å²) in [5.74, 6) is 1.98. The van der Waals surface area contributed by atoms with Crippen molar-refractivity contribution < 1.29 is 18.2 Å². The van der Waals surface area contributed by atoms with Crippen LogP contribution in [0.4, 0.5) is 0 Å². The Morgan fingerprint density at radius 1 is 1.11 bits per heavy atom. The van der Waals surface area contributed by atoms with Gasteiger partial charge in [-0.15, -0.1) is 9.53 Å². The highest BCUT2D eigenvalue weighted by Gasteiger charge is 2.40. The number of benzene rings is 2. The third kappa shape index (κ3) is 3.40. The first-order chi connectivity index (χ1) is 13.3. The molecule has 1 aliphatic rings. The van der Waals surface area contributed by atoms with E-state index < -0.39 is 9.53 Å². The number of pyridine rings is 1. The van der Waals surface area contributed by atoms with Crippen LogP contribution in [0.5, 0.6) is 17.2 Å². The number of rotatable bonds is 5. The predicted molar refractivity (Wildman–Crippen MR) is 108 cm³/mol. The second-order valence-electron chi connectivity index (χ2n) is 6.94. The van der Waals surface area contributed by atoms with Crippen molar-refractivity contribution in [3.05, 3.63) is 78.1 Å². The fourth-order valence-electron chi connectivity index (χ4n) is 3.37. The van der Waals surface area contributed by atoms with Crippen LogP contribution < -0.4 is 9.47 Å². The van der Waals surface area contributed by atoms with Crippen LogP contribution in [-0.4, -0.2) is 31.4 Å². The first kappa shape index (κ1) is 18.6. The van der Waals surface area contributed by atoms with Gasteiger partial charge in [-0.1, -0.05) is 12.1 Å². The summed E-state index contributed by atoms with van der Waals surface area (Å²) in [5.41, 5.74) is 1.73. The number of aromatic nitrogens is 1. The molecule has 2 aromatic carbocycles. The SMILES string of the molecule is COc1ccc(CN2Cc3cc(Oc4cccnc4)ccc3S2(C)(=O)O)cc1. The lowest BCUT2D eigenvalue weighted by Crippen LogP contribution is -2.44. The minimum atomic E-state index is -4.13. The largest absolute Gasteiger partial charge is 0.497 e. The van der Waals surface area contributed by atoms with Crippen molar-refractivity contribution in [3.63, 3.8) is 0 Å². The molecule has 7 heteroatoms. The molecule has 0 radical (unpaired) electrons. The zero-order valence-corrected chi connectivity index (χ0v) is 16.6. The average molecular weight is 398 g/mol. The van der Waals surface area contributed by atoms with E-state index in [1.807, 2.05) is 36.4 Å². The first-order valence-electron chi connectivity index (χ1n) is 8.82. The Kier molecular flexibility index (Phi) is 4.45. The van der Waals surface area contributed by atoms with E-state index in [0.29, 0.717) is 29.5 Å². The number of nitrogens with zero attached hydrogens (tertiary/aromatic N) is 2. The van der Waals surface area contributed by atoms with Crippen molar-refractivity contribution in [3.8, 4) is 17.2 Å². The molecule has 28 heavy (non-hydrogen) atoms. The Bertz CT molecular complexity index is 1060. The Labute approximate surface area is 164 Å². The van der Waals surface area contributed by atoms with Crippen LogP contribution in [-0.2, 0) is 22.6 Å². The number of ether oxygens (including phenoxy) is 2. The lowest BCUT2D eigenvalue weighted by atomic mass is 10.2. The Balaban J connectivity index is 1.61. The molecular formula is C21H22N2O4S. The van der Waals surface area contributed by atoms with Crippen LogP contribution >= 0.6 is 0 Å². The van der Waals surface area contributed by atoms with Crippen molar-refractivity contribution in [2.45, 2.75) is 18.0 Å². The zero-order chi connectivity index (χ0) is 19.8. The normalized spacial score (nSPS) is 18.6. The van der Waals surface area contributed by atoms with Gasteiger partial charge in [0.25, 0.3) is 0 Å². The fourth-order valence-corrected chi connectivity index (χ4v) is 5.65. The summed E-state index contributed by atoms with van der Waals surface area (Å²) < 4.78 is 37.3. The fraction of sp³-hybridized carbons (Fsp3) is 0.190. The second-order valence-corrected chi connectivity index (χ2v) is 10.4. The smallest absolute Gasteiger partial charge is 0.145 e. The van der Waals surface area contributed by atoms with Crippen molar-refractivity contribution in [2.24, 2.45) is 0 Å². The minimum Gasteiger partial charge on any atom is -0.497 e. The number of hydrogen-bond donors (Lipinski definition) is 1. The molecule has 1 aliphatic heterocycles. The van der Waals surface area contributed by atoms with Gasteiger partial charge in [0.1, 0.15) is 17.2 Å². The van der Waals surface area contributed by atoms with Crippen LogP contribution in [0.3, 0.4) is 0 Å². The lowest BCUT2D eigenvalue weighted by Gasteiger charge is -2.43. The third-order valence-electron chi connectivity index (χ3n) is 4.88. The molecule has 6 nitrogen and oxygen atoms in total. The summed E-state index contributed by atoms with van der Waals surface area (Å²) in [6, 6.07) is 16.3. The molecule has 1 aromatic heterocycles. The topological polar surface area (TPSA) is 71.9 Å². The highest BCUT2D eigenvalue weighted by Crippen LogP contribution is 2.45. The molecule has 0 saturated heterocycles. The van der Waals surface area contributed by atoms with Gasteiger partial charge in [0.2, 0.25) is 0 Å². The molecule has 0 saturated carbocycles. The van der Waals surface area contributed by atoms with E-state index in [1.165, 1.54) is 6.26 Å². The Morgan fingerprint density at radius 2 is 1.86 bits per heavy atom. The minimum absolute atomic E-state index is 0.357. The van der Waals surface area contributed by atoms with Crippen LogP contribution in [0.1, 0.15) is 11.1 Å². The summed E-state index contributed by atoms with van der Waals surface area (Å²) in [5, 5.41) is 0. The predicted octanol–water partition coefficient (Wildman–Crippen LogP) is 4.10. The third-order valence-corrected chi connectivity index (χ3v) is 7.77. The van der Waals surface area contributed by atoms with Crippen LogP contribution in [0.15, 0.2) is 71.9 Å². The van der Waals surface area contributed by atoms with Gasteiger partial charge in [-0.05, 0) is 53.6 Å². The molecule has 1 N–H and O–H groups in total. The Hall–Kier alpha value is -2.74. The molecule has 0 spiro atoms. The maximum atomic E-state index is 13.5. The van der Waals surface area contributed by atoms with Gasteiger partial charge in [0, 0.05) is 25.5 Å². The summed E-state index contributed by atoms with van der Waals surface area (Å²) in [4.78, 5) is 4.48. The molecule has 0 atom stereocenters. The van der Waals surface area contributed by atoms with E-state index in [9.17, 15) is 8.76 Å². The van der Waals surface area contributed by atoms with Gasteiger partial charge < -0.3 is 9.47 Å². The van der Waals surface area contributed by atoms with E-state index >= 15 is 0 Å². The van der Waals surface area contributed by atoms with Crippen LogP contribution in [0.2, 0.25) is 0 Å². The highest BCUT2D eigenvalue weighted by atomic mass is 32.3. The monoisotopic (exact) mass is 398 g/mol. The average Bonchev–Trinajstić information content (AvgIpc) is 2.89. The van der Waals surface area contributed by atoms with E-state index in [4.69, 9.17) is 9.47 Å². The summed E-state index contributed by atoms with van der Waals surface area (Å²) >= 11 is 0. The first-order valence-corrected chi connectivity index (χ1v) is 11.1. The van der Waals surface area contributed by atoms with Crippen molar-refractivity contribution in [1.82, 2.24) is 9.29 Å². The van der Waals surface area contributed by atoms with Gasteiger partial charge in [0.15, 0.2) is 0 Å². The molecule has 0 bridgehead atoms. The number of fused-ring (bicyclic) bond motifs is 1. The molecular weight excluding hydrogens is 376 g/mol. The standard InChI is InChI=1S/C21H22N2O4S/c1-26-18-7-5-16(6-8-18)14-23-15-17-12-19(27-20-4-3-11-22-13-20)9-10-21(17)28(23,2,24)25/h3-13H,14-15H2,1-2H3,(H,24,25). The van der Waals surface area contributed by atoms with Crippen LogP contribution in [0.25, 0.3) is 0 Å². The van der Waals surface area contributed by atoms with E-state index in [1.54, 1.807) is 42.0 Å². The van der Waals surface area contributed by atoms with E-state index in [2.05, 4.69) is 4.98 Å². The van der Waals surface area contributed by atoms with Gasteiger partial charge in [-0.25, -0.2) is 0 Å². The quantitative estimate of drug-likeness (QED) is 0.701. The van der Waals surface area contributed by atoms with Crippen molar-refractivity contribution >= 4 is 9.53 Å². The molecule has 146 valence electrons. The lowest BCUT2D eigenvalue weighted by molar-refractivity contribution is 0.369. The molecule has 2 heterocycles. The maximum absolute atomic E-state index is 13.5. The van der Waals surface area contributed by atoms with E-state index in [-0.39, 0.29) is 0 Å². The maximum Gasteiger partial charge on any atom is 0.145 e. The molecule has 3 aromatic rings. The van der Waals surface area contributed by atoms with Crippen LogP contribution in [0, 0.1) is 0 Å².